The fourth-order valence-corrected chi connectivity index (χ4v) is 2.45. The van der Waals surface area contributed by atoms with Crippen LogP contribution in [-0.2, 0) is 0 Å². The van der Waals surface area contributed by atoms with Crippen LogP contribution in [0.1, 0.15) is 23.2 Å². The summed E-state index contributed by atoms with van der Waals surface area (Å²) in [4.78, 5) is 24.1. The highest BCUT2D eigenvalue weighted by molar-refractivity contribution is 5.97. The number of piperidine rings is 1. The minimum atomic E-state index is -1.42. The van der Waals surface area contributed by atoms with E-state index in [2.05, 4.69) is 5.32 Å². The van der Waals surface area contributed by atoms with Gasteiger partial charge in [-0.15, -0.1) is 4.39 Å². The van der Waals surface area contributed by atoms with Gasteiger partial charge in [-0.3, -0.25) is 4.79 Å². The Bertz CT molecular complexity index is 556. The zero-order valence-electron chi connectivity index (χ0n) is 12.6. The van der Waals surface area contributed by atoms with Gasteiger partial charge in [-0.1, -0.05) is 0 Å². The molecule has 0 unspecified atom stereocenters. The summed E-state index contributed by atoms with van der Waals surface area (Å²) in [6, 6.07) is 4.86. The van der Waals surface area contributed by atoms with Crippen molar-refractivity contribution in [3.8, 4) is 11.5 Å². The van der Waals surface area contributed by atoms with Crippen molar-refractivity contribution in [2.75, 3.05) is 27.3 Å². The fraction of sp³-hybridized carbons (Fsp3) is 0.467. The highest BCUT2D eigenvalue weighted by Gasteiger charge is 2.24. The molecule has 22 heavy (non-hydrogen) atoms. The van der Waals surface area contributed by atoms with Crippen molar-refractivity contribution >= 4 is 12.1 Å². The highest BCUT2D eigenvalue weighted by atomic mass is 19.1. The van der Waals surface area contributed by atoms with Crippen LogP contribution in [0.3, 0.4) is 0 Å². The Morgan fingerprint density at radius 2 is 1.91 bits per heavy atom. The highest BCUT2D eigenvalue weighted by Crippen LogP contribution is 2.25. The second-order valence-electron chi connectivity index (χ2n) is 5.05. The van der Waals surface area contributed by atoms with Gasteiger partial charge in [0.05, 0.1) is 19.8 Å². The smallest absolute Gasteiger partial charge is 0.400 e. The average molecular weight is 310 g/mol. The maximum absolute atomic E-state index is 12.6. The van der Waals surface area contributed by atoms with Crippen molar-refractivity contribution in [1.82, 2.24) is 10.2 Å². The average Bonchev–Trinajstić information content (AvgIpc) is 2.54. The first-order chi connectivity index (χ1) is 10.5. The van der Waals surface area contributed by atoms with Gasteiger partial charge in [0.25, 0.3) is 5.91 Å². The maximum Gasteiger partial charge on any atom is 0.400 e. The number of nitrogens with zero attached hydrogens (tertiary/aromatic N) is 1. The second-order valence-corrected chi connectivity index (χ2v) is 5.05. The molecular weight excluding hydrogens is 291 g/mol. The summed E-state index contributed by atoms with van der Waals surface area (Å²) in [6.45, 7) is 0.611. The molecule has 1 aromatic carbocycles. The molecule has 1 aliphatic heterocycles. The van der Waals surface area contributed by atoms with Crippen LogP contribution in [0, 0.1) is 0 Å². The molecule has 1 saturated heterocycles. The first-order valence-electron chi connectivity index (χ1n) is 7.02. The predicted molar refractivity (Wildman–Crippen MR) is 78.1 cm³/mol. The van der Waals surface area contributed by atoms with Crippen LogP contribution in [0.4, 0.5) is 9.18 Å². The van der Waals surface area contributed by atoms with E-state index in [0.717, 1.165) is 4.90 Å². The summed E-state index contributed by atoms with van der Waals surface area (Å²) in [6.07, 6.45) is -0.360. The Morgan fingerprint density at radius 1 is 1.23 bits per heavy atom. The molecule has 1 fully saturated rings. The number of rotatable bonds is 4. The first-order valence-corrected chi connectivity index (χ1v) is 7.02. The van der Waals surface area contributed by atoms with Gasteiger partial charge >= 0.3 is 6.16 Å². The molecular formula is C15H19FN2O4. The monoisotopic (exact) mass is 310 g/mol. The predicted octanol–water partition coefficient (Wildman–Crippen LogP) is 1.99. The van der Waals surface area contributed by atoms with Gasteiger partial charge in [0, 0.05) is 25.2 Å². The number of carbonyl (C=O) groups is 2. The van der Waals surface area contributed by atoms with E-state index in [0.29, 0.717) is 43.0 Å². The molecule has 120 valence electrons. The first kappa shape index (κ1) is 16.1. The Balaban J connectivity index is 2.00. The van der Waals surface area contributed by atoms with Gasteiger partial charge in [-0.25, -0.2) is 4.79 Å². The van der Waals surface area contributed by atoms with Crippen molar-refractivity contribution in [3.63, 3.8) is 0 Å². The number of nitrogens with one attached hydrogen (secondary N) is 1. The quantitative estimate of drug-likeness (QED) is 0.682. The number of benzene rings is 1. The lowest BCUT2D eigenvalue weighted by atomic mass is 10.0. The zero-order chi connectivity index (χ0) is 16.1. The number of hydrogen-bond donors (Lipinski definition) is 1. The third-order valence-corrected chi connectivity index (χ3v) is 3.73. The van der Waals surface area contributed by atoms with E-state index in [-0.39, 0.29) is 11.9 Å². The standard InChI is InChI=1S/C15H19FN2O4/c1-21-11-3-4-12(13(9-11)22-2)14(19)17-10-5-7-18(8-6-10)15(16)20/h3-4,9-10H,5-8H2,1-2H3,(H,17,19). The van der Waals surface area contributed by atoms with Crippen molar-refractivity contribution < 1.29 is 23.5 Å². The SMILES string of the molecule is COc1ccc(C(=O)NC2CCN(C(=O)F)CC2)c(OC)c1. The Kier molecular flexibility index (Phi) is 5.19. The molecule has 2 rings (SSSR count). The summed E-state index contributed by atoms with van der Waals surface area (Å²) in [7, 11) is 3.02. The Labute approximate surface area is 128 Å². The summed E-state index contributed by atoms with van der Waals surface area (Å²) < 4.78 is 22.9. The van der Waals surface area contributed by atoms with E-state index >= 15 is 0 Å². The lowest BCUT2D eigenvalue weighted by molar-refractivity contribution is 0.0912. The van der Waals surface area contributed by atoms with E-state index in [9.17, 15) is 14.0 Å². The number of carbonyl (C=O) groups excluding carboxylic acids is 2. The molecule has 2 amide bonds. The molecule has 0 aromatic heterocycles. The summed E-state index contributed by atoms with van der Waals surface area (Å²) in [5, 5.41) is 2.89. The van der Waals surface area contributed by atoms with Crippen LogP contribution in [0.15, 0.2) is 18.2 Å². The van der Waals surface area contributed by atoms with Crippen LogP contribution in [0.5, 0.6) is 11.5 Å². The minimum Gasteiger partial charge on any atom is -0.497 e. The summed E-state index contributed by atoms with van der Waals surface area (Å²) in [5.74, 6) is 0.765. The van der Waals surface area contributed by atoms with Crippen LogP contribution in [0.25, 0.3) is 0 Å². The molecule has 0 bridgehead atoms. The molecule has 1 heterocycles. The number of halogens is 1. The van der Waals surface area contributed by atoms with Gasteiger partial charge in [0.2, 0.25) is 0 Å². The van der Waals surface area contributed by atoms with Gasteiger partial charge in [-0.05, 0) is 25.0 Å². The van der Waals surface area contributed by atoms with Crippen LogP contribution in [0.2, 0.25) is 0 Å². The second kappa shape index (κ2) is 7.11. The lowest BCUT2D eigenvalue weighted by Crippen LogP contribution is -2.45. The largest absolute Gasteiger partial charge is 0.497 e. The van der Waals surface area contributed by atoms with Crippen molar-refractivity contribution in [2.24, 2.45) is 0 Å². The van der Waals surface area contributed by atoms with E-state index in [1.54, 1.807) is 18.2 Å². The Morgan fingerprint density at radius 3 is 2.45 bits per heavy atom. The molecule has 0 atom stereocenters. The molecule has 7 heteroatoms. The van der Waals surface area contributed by atoms with E-state index in [1.165, 1.54) is 14.2 Å². The van der Waals surface area contributed by atoms with Crippen molar-refractivity contribution in [2.45, 2.75) is 18.9 Å². The molecule has 6 nitrogen and oxygen atoms in total. The maximum atomic E-state index is 12.6. The fourth-order valence-electron chi connectivity index (χ4n) is 2.45. The number of methoxy groups -OCH3 is 2. The normalized spacial score (nSPS) is 15.3. The van der Waals surface area contributed by atoms with Crippen LogP contribution >= 0.6 is 0 Å². The Hall–Kier alpha value is -2.31. The van der Waals surface area contributed by atoms with E-state index < -0.39 is 6.16 Å². The molecule has 1 aliphatic rings. The third kappa shape index (κ3) is 3.66. The molecule has 0 saturated carbocycles. The number of hydrogen-bond acceptors (Lipinski definition) is 4. The van der Waals surface area contributed by atoms with Crippen LogP contribution in [-0.4, -0.2) is 50.3 Å². The van der Waals surface area contributed by atoms with Gasteiger partial charge in [0.1, 0.15) is 11.5 Å². The van der Waals surface area contributed by atoms with Gasteiger partial charge in [-0.2, -0.15) is 0 Å². The van der Waals surface area contributed by atoms with E-state index in [1.807, 2.05) is 0 Å². The lowest BCUT2D eigenvalue weighted by Gasteiger charge is -2.30. The van der Waals surface area contributed by atoms with Gasteiger partial charge in [0.15, 0.2) is 0 Å². The topological polar surface area (TPSA) is 67.9 Å². The molecule has 0 aliphatic carbocycles. The molecule has 0 spiro atoms. The summed E-state index contributed by atoms with van der Waals surface area (Å²) >= 11 is 0. The van der Waals surface area contributed by atoms with Crippen molar-refractivity contribution in [3.05, 3.63) is 23.8 Å². The summed E-state index contributed by atoms with van der Waals surface area (Å²) in [5.41, 5.74) is 0.410. The third-order valence-electron chi connectivity index (χ3n) is 3.73. The van der Waals surface area contributed by atoms with Gasteiger partial charge < -0.3 is 19.7 Å². The number of amides is 2. The molecule has 1 N–H and O–H groups in total. The minimum absolute atomic E-state index is 0.0880. The van der Waals surface area contributed by atoms with E-state index in [4.69, 9.17) is 9.47 Å². The number of ether oxygens (including phenoxy) is 2. The van der Waals surface area contributed by atoms with Crippen molar-refractivity contribution in [1.29, 1.82) is 0 Å². The van der Waals surface area contributed by atoms with Crippen LogP contribution < -0.4 is 14.8 Å². The number of likely N-dealkylation sites (tertiary alicyclic amines) is 1. The molecule has 0 radical (unpaired) electrons. The molecule has 1 aromatic rings. The zero-order valence-corrected chi connectivity index (χ0v) is 12.6.